The van der Waals surface area contributed by atoms with Gasteiger partial charge in [0.15, 0.2) is 0 Å². The van der Waals surface area contributed by atoms with E-state index in [-0.39, 0.29) is 25.0 Å². The molecule has 0 fully saturated rings. The van der Waals surface area contributed by atoms with Gasteiger partial charge in [-0.1, -0.05) is 7.43 Å². The SMILES string of the molecule is C.C=C.[GeH4]. The Labute approximate surface area is 38.9 Å². The van der Waals surface area contributed by atoms with Crippen molar-refractivity contribution in [2.75, 3.05) is 0 Å². The number of rotatable bonds is 0. The topological polar surface area (TPSA) is 0 Å². The van der Waals surface area contributed by atoms with E-state index >= 15 is 0 Å². The number of hydrogen-bond donors (Lipinski definition) is 0. The summed E-state index contributed by atoms with van der Waals surface area (Å²) in [7, 11) is 0. The van der Waals surface area contributed by atoms with Crippen LogP contribution in [0.5, 0.6) is 0 Å². The zero-order valence-corrected chi connectivity index (χ0v) is 1.41. The van der Waals surface area contributed by atoms with Crippen molar-refractivity contribution in [3.63, 3.8) is 0 Å². The molecule has 0 aliphatic carbocycles. The van der Waals surface area contributed by atoms with Crippen LogP contribution >= 0.6 is 0 Å². The fourth-order valence-electron chi connectivity index (χ4n) is 0. The van der Waals surface area contributed by atoms with E-state index in [9.17, 15) is 0 Å². The minimum atomic E-state index is 0. The molecule has 0 aromatic heterocycles. The molecule has 0 radical (unpaired) electrons. The van der Waals surface area contributed by atoms with Crippen molar-refractivity contribution in [3.05, 3.63) is 13.2 Å². The molecule has 28 valence electrons. The van der Waals surface area contributed by atoms with E-state index < -0.39 is 0 Å². The third-order valence-corrected chi connectivity index (χ3v) is 0. The Kier molecular flexibility index (Phi) is 1500. The molecule has 0 bridgehead atoms. The molecular formula is C3H12Ge. The summed E-state index contributed by atoms with van der Waals surface area (Å²) in [5.74, 6) is 0. The van der Waals surface area contributed by atoms with E-state index in [4.69, 9.17) is 0 Å². The van der Waals surface area contributed by atoms with Crippen molar-refractivity contribution >= 4 is 17.6 Å². The molecule has 0 aliphatic heterocycles. The first-order chi connectivity index (χ1) is 1.00. The van der Waals surface area contributed by atoms with E-state index in [2.05, 4.69) is 13.2 Å². The van der Waals surface area contributed by atoms with Gasteiger partial charge in [-0.05, 0) is 0 Å². The van der Waals surface area contributed by atoms with Crippen LogP contribution in [0.4, 0.5) is 0 Å². The van der Waals surface area contributed by atoms with Gasteiger partial charge in [0.1, 0.15) is 0 Å². The van der Waals surface area contributed by atoms with E-state index in [1.54, 1.807) is 0 Å². The van der Waals surface area contributed by atoms with E-state index in [0.717, 1.165) is 0 Å². The first kappa shape index (κ1) is 28.0. The summed E-state index contributed by atoms with van der Waals surface area (Å²) in [4.78, 5) is 0. The Bertz CT molecular complexity index is 3.25. The predicted octanol–water partition coefficient (Wildman–Crippen LogP) is -0.0133. The van der Waals surface area contributed by atoms with E-state index in [1.807, 2.05) is 0 Å². The molecule has 0 saturated carbocycles. The van der Waals surface area contributed by atoms with Crippen molar-refractivity contribution in [3.8, 4) is 0 Å². The molecular weight excluding hydrogens is 109 g/mol. The van der Waals surface area contributed by atoms with Crippen LogP contribution in [0.15, 0.2) is 13.2 Å². The summed E-state index contributed by atoms with van der Waals surface area (Å²) >= 11 is 0. The molecule has 0 unspecified atom stereocenters. The molecule has 4 heavy (non-hydrogen) atoms. The zero-order chi connectivity index (χ0) is 2.00. The molecule has 1 heteroatoms. The molecule has 0 amide bonds. The maximum atomic E-state index is 3.00. The Morgan fingerprint density at radius 3 is 1.00 bits per heavy atom. The van der Waals surface area contributed by atoms with Crippen LogP contribution in [0.3, 0.4) is 0 Å². The third-order valence-electron chi connectivity index (χ3n) is 0. The Balaban J connectivity index is -0.00000000500. The van der Waals surface area contributed by atoms with Crippen molar-refractivity contribution < 1.29 is 0 Å². The van der Waals surface area contributed by atoms with Crippen LogP contribution in [-0.4, -0.2) is 17.6 Å². The molecule has 0 rings (SSSR count). The van der Waals surface area contributed by atoms with Gasteiger partial charge in [-0.15, -0.1) is 13.2 Å². The molecule has 0 heterocycles. The van der Waals surface area contributed by atoms with Crippen LogP contribution in [0, 0.1) is 0 Å². The molecule has 0 nitrogen and oxygen atoms in total. The normalized spacial score (nSPS) is 1.00. The second-order valence-electron chi connectivity index (χ2n) is 0. The van der Waals surface area contributed by atoms with Crippen LogP contribution < -0.4 is 0 Å². The van der Waals surface area contributed by atoms with Gasteiger partial charge in [0, 0.05) is 0 Å². The predicted molar refractivity (Wildman–Crippen MR) is 29.3 cm³/mol. The average molecular weight is 121 g/mol. The van der Waals surface area contributed by atoms with Crippen molar-refractivity contribution in [2.24, 2.45) is 0 Å². The molecule has 0 saturated heterocycles. The molecule has 0 aromatic carbocycles. The second kappa shape index (κ2) is 214. The van der Waals surface area contributed by atoms with E-state index in [1.165, 1.54) is 0 Å². The van der Waals surface area contributed by atoms with Crippen LogP contribution in [0.2, 0.25) is 0 Å². The summed E-state index contributed by atoms with van der Waals surface area (Å²) in [5, 5.41) is 0. The quantitative estimate of drug-likeness (QED) is 0.312. The number of hydrogen-bond acceptors (Lipinski definition) is 0. The van der Waals surface area contributed by atoms with E-state index in [0.29, 0.717) is 0 Å². The Morgan fingerprint density at radius 2 is 1.00 bits per heavy atom. The zero-order valence-electron chi connectivity index (χ0n) is 1.41. The summed E-state index contributed by atoms with van der Waals surface area (Å²) in [5.41, 5.74) is 0. The van der Waals surface area contributed by atoms with Gasteiger partial charge in [-0.2, -0.15) is 0 Å². The summed E-state index contributed by atoms with van der Waals surface area (Å²) in [6.45, 7) is 6.00. The standard InChI is InChI=1S/C2H4.CH4.GeH4/c1-2;;/h1-2H2;2*1H4. The van der Waals surface area contributed by atoms with Crippen molar-refractivity contribution in [2.45, 2.75) is 7.43 Å². The first-order valence-corrected chi connectivity index (χ1v) is 0.500. The third kappa shape index (κ3) is 47.0. The van der Waals surface area contributed by atoms with Crippen LogP contribution in [-0.2, 0) is 0 Å². The fraction of sp³-hybridized carbons (Fsp3) is 0.333. The summed E-state index contributed by atoms with van der Waals surface area (Å²) in [6, 6.07) is 0. The van der Waals surface area contributed by atoms with Gasteiger partial charge in [-0.3, -0.25) is 0 Å². The van der Waals surface area contributed by atoms with Crippen molar-refractivity contribution in [1.29, 1.82) is 0 Å². The van der Waals surface area contributed by atoms with Crippen molar-refractivity contribution in [1.82, 2.24) is 0 Å². The van der Waals surface area contributed by atoms with Gasteiger partial charge in [-0.25, -0.2) is 0 Å². The van der Waals surface area contributed by atoms with Gasteiger partial charge >= 0.3 is 17.6 Å². The summed E-state index contributed by atoms with van der Waals surface area (Å²) < 4.78 is 0. The Hall–Kier alpha value is 0.283. The molecule has 0 spiro atoms. The van der Waals surface area contributed by atoms with Gasteiger partial charge in [0.2, 0.25) is 0 Å². The average Bonchev–Trinajstić information content (AvgIpc) is 1.00. The summed E-state index contributed by atoms with van der Waals surface area (Å²) in [6.07, 6.45) is 0. The fourth-order valence-corrected chi connectivity index (χ4v) is 0. The first-order valence-electron chi connectivity index (χ1n) is 0.500. The maximum absolute atomic E-state index is 3.00. The molecule has 0 atom stereocenters. The van der Waals surface area contributed by atoms with Gasteiger partial charge in [0.25, 0.3) is 0 Å². The van der Waals surface area contributed by atoms with Crippen LogP contribution in [0.25, 0.3) is 0 Å². The van der Waals surface area contributed by atoms with Gasteiger partial charge < -0.3 is 0 Å². The Morgan fingerprint density at radius 1 is 1.00 bits per heavy atom. The van der Waals surface area contributed by atoms with Crippen LogP contribution in [0.1, 0.15) is 7.43 Å². The molecule has 0 N–H and O–H groups in total. The molecule has 0 aliphatic rings. The second-order valence-corrected chi connectivity index (χ2v) is 0. The monoisotopic (exact) mass is 122 g/mol. The molecule has 0 aromatic rings. The minimum absolute atomic E-state index is 0. The van der Waals surface area contributed by atoms with Gasteiger partial charge in [0.05, 0.1) is 0 Å².